The topological polar surface area (TPSA) is 50.8 Å². The molecule has 0 saturated carbocycles. The summed E-state index contributed by atoms with van der Waals surface area (Å²) in [6, 6.07) is 7.74. The average Bonchev–Trinajstić information content (AvgIpc) is 2.86. The van der Waals surface area contributed by atoms with Crippen molar-refractivity contribution in [1.82, 2.24) is 9.55 Å². The molecule has 0 bridgehead atoms. The van der Waals surface area contributed by atoms with E-state index in [1.165, 1.54) is 6.42 Å². The normalized spacial score (nSPS) is 20.3. The van der Waals surface area contributed by atoms with Gasteiger partial charge in [0.2, 0.25) is 0 Å². The number of alkyl halides is 1. The molecule has 5 heteroatoms. The van der Waals surface area contributed by atoms with Gasteiger partial charge in [0.05, 0.1) is 40.7 Å². The molecule has 2 heterocycles. The van der Waals surface area contributed by atoms with Gasteiger partial charge in [0.15, 0.2) is 0 Å². The number of benzene rings is 1. The molecule has 2 atom stereocenters. The van der Waals surface area contributed by atoms with E-state index in [1.807, 2.05) is 19.1 Å². The fraction of sp³-hybridized carbons (Fsp3) is 0.500. The summed E-state index contributed by atoms with van der Waals surface area (Å²) in [7, 11) is 0. The van der Waals surface area contributed by atoms with Crippen LogP contribution in [0.5, 0.6) is 0 Å². The van der Waals surface area contributed by atoms with Crippen LogP contribution in [0.3, 0.4) is 0 Å². The standard InChI is InChI=1S/C16H18ClN3O/c1-11(17)16-19-14-6-5-12(9-18)8-15(14)20(16)10-13-4-2-3-7-21-13/h5-6,8,11,13H,2-4,7,10H2,1H3. The maximum absolute atomic E-state index is 9.09. The predicted octanol–water partition coefficient (Wildman–Crippen LogP) is 3.78. The van der Waals surface area contributed by atoms with Gasteiger partial charge >= 0.3 is 0 Å². The van der Waals surface area contributed by atoms with Crippen LogP contribution in [0.4, 0.5) is 0 Å². The van der Waals surface area contributed by atoms with E-state index in [1.54, 1.807) is 6.07 Å². The van der Waals surface area contributed by atoms with E-state index in [4.69, 9.17) is 21.6 Å². The van der Waals surface area contributed by atoms with E-state index >= 15 is 0 Å². The van der Waals surface area contributed by atoms with Crippen molar-refractivity contribution in [1.29, 1.82) is 5.26 Å². The molecule has 4 nitrogen and oxygen atoms in total. The molecule has 1 aliphatic rings. The molecule has 3 rings (SSSR count). The van der Waals surface area contributed by atoms with E-state index in [2.05, 4.69) is 15.6 Å². The first kappa shape index (κ1) is 14.4. The molecule has 1 fully saturated rings. The number of halogens is 1. The Hall–Kier alpha value is -1.57. The highest BCUT2D eigenvalue weighted by atomic mass is 35.5. The minimum absolute atomic E-state index is 0.175. The zero-order valence-electron chi connectivity index (χ0n) is 12.1. The molecule has 0 aliphatic carbocycles. The lowest BCUT2D eigenvalue weighted by Crippen LogP contribution is -2.25. The van der Waals surface area contributed by atoms with E-state index in [0.29, 0.717) is 5.56 Å². The monoisotopic (exact) mass is 303 g/mol. The van der Waals surface area contributed by atoms with Crippen LogP contribution < -0.4 is 0 Å². The Morgan fingerprint density at radius 3 is 3.05 bits per heavy atom. The summed E-state index contributed by atoms with van der Waals surface area (Å²) in [5.74, 6) is 0.843. The SMILES string of the molecule is CC(Cl)c1nc2ccc(C#N)cc2n1CC1CCCCO1. The van der Waals surface area contributed by atoms with Gasteiger partial charge in [0, 0.05) is 6.61 Å². The zero-order valence-corrected chi connectivity index (χ0v) is 12.8. The number of nitriles is 1. The summed E-state index contributed by atoms with van der Waals surface area (Å²) in [6.45, 7) is 3.50. The van der Waals surface area contributed by atoms with Crippen molar-refractivity contribution < 1.29 is 4.74 Å². The molecule has 1 aliphatic heterocycles. The molecule has 0 N–H and O–H groups in total. The number of rotatable bonds is 3. The van der Waals surface area contributed by atoms with Gasteiger partial charge in [-0.3, -0.25) is 0 Å². The molecule has 21 heavy (non-hydrogen) atoms. The summed E-state index contributed by atoms with van der Waals surface area (Å²) in [6.07, 6.45) is 3.61. The second-order valence-electron chi connectivity index (χ2n) is 5.50. The fourth-order valence-corrected chi connectivity index (χ4v) is 3.03. The van der Waals surface area contributed by atoms with Gasteiger partial charge in [-0.15, -0.1) is 11.6 Å². The maximum atomic E-state index is 9.09. The Balaban J connectivity index is 2.03. The molecule has 0 amide bonds. The van der Waals surface area contributed by atoms with Crippen LogP contribution in [0.2, 0.25) is 0 Å². The average molecular weight is 304 g/mol. The molecule has 0 spiro atoms. The van der Waals surface area contributed by atoms with Gasteiger partial charge in [0.1, 0.15) is 5.82 Å². The van der Waals surface area contributed by atoms with E-state index in [0.717, 1.165) is 42.9 Å². The Labute approximate surface area is 129 Å². The summed E-state index contributed by atoms with van der Waals surface area (Å²) < 4.78 is 7.95. The molecule has 2 unspecified atom stereocenters. The van der Waals surface area contributed by atoms with Gasteiger partial charge in [-0.1, -0.05) is 0 Å². The van der Waals surface area contributed by atoms with Gasteiger partial charge in [-0.2, -0.15) is 5.26 Å². The second kappa shape index (κ2) is 6.05. The van der Waals surface area contributed by atoms with Crippen LogP contribution in [0, 0.1) is 11.3 Å². The van der Waals surface area contributed by atoms with Crippen molar-refractivity contribution in [3.05, 3.63) is 29.6 Å². The molecular weight excluding hydrogens is 286 g/mol. The van der Waals surface area contributed by atoms with Gasteiger partial charge in [-0.25, -0.2) is 4.98 Å². The summed E-state index contributed by atoms with van der Waals surface area (Å²) in [4.78, 5) is 4.62. The van der Waals surface area contributed by atoms with Crippen molar-refractivity contribution in [3.63, 3.8) is 0 Å². The molecule has 2 aromatic rings. The third-order valence-electron chi connectivity index (χ3n) is 3.92. The fourth-order valence-electron chi connectivity index (χ4n) is 2.86. The summed E-state index contributed by atoms with van der Waals surface area (Å²) in [5, 5.41) is 8.92. The number of imidazole rings is 1. The van der Waals surface area contributed by atoms with Crippen LogP contribution in [0.25, 0.3) is 11.0 Å². The van der Waals surface area contributed by atoms with Crippen molar-refractivity contribution in [2.75, 3.05) is 6.61 Å². The third kappa shape index (κ3) is 2.90. The van der Waals surface area contributed by atoms with Crippen LogP contribution >= 0.6 is 11.6 Å². The lowest BCUT2D eigenvalue weighted by molar-refractivity contribution is 0.00619. The first-order valence-corrected chi connectivity index (χ1v) is 7.78. The Bertz CT molecular complexity index is 681. The molecule has 110 valence electrons. The predicted molar refractivity (Wildman–Crippen MR) is 82.3 cm³/mol. The van der Waals surface area contributed by atoms with Gasteiger partial charge in [-0.05, 0) is 44.4 Å². The first-order valence-electron chi connectivity index (χ1n) is 7.35. The van der Waals surface area contributed by atoms with E-state index < -0.39 is 0 Å². The Morgan fingerprint density at radius 1 is 1.52 bits per heavy atom. The smallest absolute Gasteiger partial charge is 0.127 e. The molecule has 0 radical (unpaired) electrons. The molecule has 1 aromatic heterocycles. The Kier molecular flexibility index (Phi) is 4.14. The lowest BCUT2D eigenvalue weighted by atomic mass is 10.1. The van der Waals surface area contributed by atoms with Crippen LogP contribution in [-0.4, -0.2) is 22.3 Å². The van der Waals surface area contributed by atoms with Crippen molar-refractivity contribution in [3.8, 4) is 6.07 Å². The number of aromatic nitrogens is 2. The minimum Gasteiger partial charge on any atom is -0.376 e. The summed E-state index contributed by atoms with van der Waals surface area (Å²) >= 11 is 6.28. The largest absolute Gasteiger partial charge is 0.376 e. The van der Waals surface area contributed by atoms with Crippen LogP contribution in [-0.2, 0) is 11.3 Å². The number of fused-ring (bicyclic) bond motifs is 1. The number of nitrogens with zero attached hydrogens (tertiary/aromatic N) is 3. The maximum Gasteiger partial charge on any atom is 0.127 e. The number of ether oxygens (including phenoxy) is 1. The van der Waals surface area contributed by atoms with Crippen LogP contribution in [0.15, 0.2) is 18.2 Å². The third-order valence-corrected chi connectivity index (χ3v) is 4.12. The van der Waals surface area contributed by atoms with Crippen LogP contribution in [0.1, 0.15) is 43.0 Å². The lowest BCUT2D eigenvalue weighted by Gasteiger charge is -2.24. The van der Waals surface area contributed by atoms with Gasteiger partial charge in [0.25, 0.3) is 0 Å². The van der Waals surface area contributed by atoms with E-state index in [9.17, 15) is 0 Å². The quantitative estimate of drug-likeness (QED) is 0.811. The van der Waals surface area contributed by atoms with Crippen molar-refractivity contribution in [2.45, 2.75) is 44.2 Å². The van der Waals surface area contributed by atoms with Crippen molar-refractivity contribution in [2.24, 2.45) is 0 Å². The van der Waals surface area contributed by atoms with Crippen molar-refractivity contribution >= 4 is 22.6 Å². The number of hydrogen-bond donors (Lipinski definition) is 0. The highest BCUT2D eigenvalue weighted by Crippen LogP contribution is 2.27. The second-order valence-corrected chi connectivity index (χ2v) is 6.16. The zero-order chi connectivity index (χ0) is 14.8. The Morgan fingerprint density at radius 2 is 2.38 bits per heavy atom. The highest BCUT2D eigenvalue weighted by Gasteiger charge is 2.20. The van der Waals surface area contributed by atoms with E-state index in [-0.39, 0.29) is 11.5 Å². The molecule has 1 aromatic carbocycles. The molecule has 1 saturated heterocycles. The molecular formula is C16H18ClN3O. The number of hydrogen-bond acceptors (Lipinski definition) is 3. The minimum atomic E-state index is -0.175. The first-order chi connectivity index (χ1) is 10.2. The highest BCUT2D eigenvalue weighted by molar-refractivity contribution is 6.20. The van der Waals surface area contributed by atoms with Gasteiger partial charge < -0.3 is 9.30 Å². The summed E-state index contributed by atoms with van der Waals surface area (Å²) in [5.41, 5.74) is 2.49.